The third-order valence-corrected chi connectivity index (χ3v) is 5.91. The highest BCUT2D eigenvalue weighted by Gasteiger charge is 2.25. The summed E-state index contributed by atoms with van der Waals surface area (Å²) in [7, 11) is 1.81. The average Bonchev–Trinajstić information content (AvgIpc) is 3.30. The van der Waals surface area contributed by atoms with Crippen LogP contribution in [-0.2, 0) is 6.61 Å². The first-order chi connectivity index (χ1) is 17.1. The van der Waals surface area contributed by atoms with Crippen molar-refractivity contribution in [3.05, 3.63) is 132 Å². The standard InChI is InChI=1S/C29H26N4O2/c1-21-14-15-27-31-24(19-33(27)18-21)20-35-25-12-8-11-23(17-25)29(34)32(2)28(22-9-4-3-5-10-22)26-13-6-7-16-30-26/h3-19,28H,20H2,1-2H3. The molecule has 0 fully saturated rings. The SMILES string of the molecule is Cc1ccc2nc(COc3cccc(C(=O)N(C)C(c4ccccc4)c4ccccn4)c3)cn2c1. The third kappa shape index (κ3) is 4.92. The maximum absolute atomic E-state index is 13.5. The maximum Gasteiger partial charge on any atom is 0.254 e. The van der Waals surface area contributed by atoms with E-state index in [-0.39, 0.29) is 11.9 Å². The number of hydrogen-bond acceptors (Lipinski definition) is 4. The molecule has 35 heavy (non-hydrogen) atoms. The molecule has 0 aliphatic carbocycles. The Balaban J connectivity index is 1.36. The van der Waals surface area contributed by atoms with Crippen LogP contribution < -0.4 is 4.74 Å². The maximum atomic E-state index is 13.5. The number of benzene rings is 2. The summed E-state index contributed by atoms with van der Waals surface area (Å²) in [6.07, 6.45) is 5.74. The van der Waals surface area contributed by atoms with Crippen molar-refractivity contribution in [2.45, 2.75) is 19.6 Å². The number of ether oxygens (including phenoxy) is 1. The molecule has 174 valence electrons. The molecule has 5 aromatic rings. The van der Waals surface area contributed by atoms with Crippen molar-refractivity contribution in [3.8, 4) is 5.75 Å². The molecular weight excluding hydrogens is 436 g/mol. The Morgan fingerprint density at radius 1 is 0.971 bits per heavy atom. The number of rotatable bonds is 7. The molecule has 2 aromatic carbocycles. The summed E-state index contributed by atoms with van der Waals surface area (Å²) in [5, 5.41) is 0. The van der Waals surface area contributed by atoms with Crippen LogP contribution in [0.15, 0.2) is 104 Å². The number of fused-ring (bicyclic) bond motifs is 1. The first-order valence-corrected chi connectivity index (χ1v) is 11.5. The molecular formula is C29H26N4O2. The Kier molecular flexibility index (Phi) is 6.26. The number of aryl methyl sites for hydroxylation is 1. The van der Waals surface area contributed by atoms with E-state index in [1.165, 1.54) is 0 Å². The Morgan fingerprint density at radius 2 is 1.80 bits per heavy atom. The van der Waals surface area contributed by atoms with Gasteiger partial charge in [-0.2, -0.15) is 0 Å². The molecule has 3 aromatic heterocycles. The van der Waals surface area contributed by atoms with E-state index >= 15 is 0 Å². The van der Waals surface area contributed by atoms with Gasteiger partial charge in [-0.25, -0.2) is 4.98 Å². The van der Waals surface area contributed by atoms with Crippen LogP contribution in [0.25, 0.3) is 5.65 Å². The van der Waals surface area contributed by atoms with Crippen molar-refractivity contribution >= 4 is 11.6 Å². The van der Waals surface area contributed by atoms with E-state index < -0.39 is 0 Å². The summed E-state index contributed by atoms with van der Waals surface area (Å²) in [5.41, 5.74) is 5.22. The van der Waals surface area contributed by atoms with Crippen molar-refractivity contribution in [1.82, 2.24) is 19.3 Å². The van der Waals surface area contributed by atoms with E-state index in [2.05, 4.69) is 9.97 Å². The summed E-state index contributed by atoms with van der Waals surface area (Å²) in [6.45, 7) is 2.36. The Morgan fingerprint density at radius 3 is 2.60 bits per heavy atom. The van der Waals surface area contributed by atoms with Crippen LogP contribution in [0, 0.1) is 6.92 Å². The molecule has 3 heterocycles. The quantitative estimate of drug-likeness (QED) is 0.321. The molecule has 1 amide bonds. The fourth-order valence-electron chi connectivity index (χ4n) is 4.19. The second kappa shape index (κ2) is 9.81. The monoisotopic (exact) mass is 462 g/mol. The van der Waals surface area contributed by atoms with E-state index in [0.717, 1.165) is 28.2 Å². The van der Waals surface area contributed by atoms with E-state index in [0.29, 0.717) is 17.9 Å². The minimum atomic E-state index is -0.309. The lowest BCUT2D eigenvalue weighted by atomic mass is 10.0. The number of carbonyl (C=O) groups excluding carboxylic acids is 1. The van der Waals surface area contributed by atoms with E-state index in [9.17, 15) is 4.79 Å². The van der Waals surface area contributed by atoms with Crippen LogP contribution in [0.5, 0.6) is 5.75 Å². The Hall–Kier alpha value is -4.45. The van der Waals surface area contributed by atoms with Crippen LogP contribution in [0.1, 0.15) is 38.9 Å². The molecule has 0 radical (unpaired) electrons. The van der Waals surface area contributed by atoms with Gasteiger partial charge in [0.2, 0.25) is 0 Å². The van der Waals surface area contributed by atoms with Gasteiger partial charge in [0.15, 0.2) is 0 Å². The zero-order valence-corrected chi connectivity index (χ0v) is 19.7. The van der Waals surface area contributed by atoms with Gasteiger partial charge in [0.25, 0.3) is 5.91 Å². The lowest BCUT2D eigenvalue weighted by Gasteiger charge is -2.28. The van der Waals surface area contributed by atoms with Crippen LogP contribution in [0.3, 0.4) is 0 Å². The number of imidazole rings is 1. The number of pyridine rings is 2. The lowest BCUT2D eigenvalue weighted by Crippen LogP contribution is -2.32. The van der Waals surface area contributed by atoms with Crippen molar-refractivity contribution in [2.24, 2.45) is 0 Å². The summed E-state index contributed by atoms with van der Waals surface area (Å²) in [5.74, 6) is 0.504. The van der Waals surface area contributed by atoms with Gasteiger partial charge in [0.05, 0.1) is 17.4 Å². The van der Waals surface area contributed by atoms with Gasteiger partial charge in [-0.05, 0) is 54.4 Å². The van der Waals surface area contributed by atoms with Crippen molar-refractivity contribution < 1.29 is 9.53 Å². The molecule has 1 unspecified atom stereocenters. The Bertz CT molecular complexity index is 1410. The largest absolute Gasteiger partial charge is 0.487 e. The molecule has 1 atom stereocenters. The van der Waals surface area contributed by atoms with Gasteiger partial charge < -0.3 is 14.0 Å². The van der Waals surface area contributed by atoms with Gasteiger partial charge >= 0.3 is 0 Å². The first-order valence-electron chi connectivity index (χ1n) is 11.5. The highest BCUT2D eigenvalue weighted by atomic mass is 16.5. The molecule has 0 bridgehead atoms. The zero-order chi connectivity index (χ0) is 24.2. The van der Waals surface area contributed by atoms with Gasteiger partial charge in [-0.1, -0.05) is 48.5 Å². The van der Waals surface area contributed by atoms with Gasteiger partial charge in [-0.15, -0.1) is 0 Å². The highest BCUT2D eigenvalue weighted by Crippen LogP contribution is 2.28. The number of amides is 1. The summed E-state index contributed by atoms with van der Waals surface area (Å²) in [6, 6.07) is 26.7. The van der Waals surface area contributed by atoms with Crippen molar-refractivity contribution in [2.75, 3.05) is 7.05 Å². The molecule has 0 N–H and O–H groups in total. The first kappa shape index (κ1) is 22.3. The number of carbonyl (C=O) groups is 1. The predicted molar refractivity (Wildman–Crippen MR) is 135 cm³/mol. The molecule has 6 heteroatoms. The fourth-order valence-corrected chi connectivity index (χ4v) is 4.19. The van der Waals surface area contributed by atoms with Crippen LogP contribution in [-0.4, -0.2) is 32.2 Å². The number of hydrogen-bond donors (Lipinski definition) is 0. The minimum Gasteiger partial charge on any atom is -0.487 e. The predicted octanol–water partition coefficient (Wildman–Crippen LogP) is 5.48. The average molecular weight is 463 g/mol. The van der Waals surface area contributed by atoms with E-state index in [4.69, 9.17) is 4.74 Å². The fraction of sp³-hybridized carbons (Fsp3) is 0.138. The molecule has 0 aliphatic heterocycles. The molecule has 0 saturated carbocycles. The topological polar surface area (TPSA) is 59.7 Å². The lowest BCUT2D eigenvalue weighted by molar-refractivity contribution is 0.0752. The zero-order valence-electron chi connectivity index (χ0n) is 19.7. The molecule has 0 saturated heterocycles. The Labute approximate surface area is 204 Å². The normalized spacial score (nSPS) is 11.8. The summed E-state index contributed by atoms with van der Waals surface area (Å²) < 4.78 is 7.98. The smallest absolute Gasteiger partial charge is 0.254 e. The van der Waals surface area contributed by atoms with Crippen LogP contribution in [0.4, 0.5) is 0 Å². The van der Waals surface area contributed by atoms with Gasteiger partial charge in [0.1, 0.15) is 18.0 Å². The van der Waals surface area contributed by atoms with Crippen molar-refractivity contribution in [3.63, 3.8) is 0 Å². The summed E-state index contributed by atoms with van der Waals surface area (Å²) >= 11 is 0. The number of aromatic nitrogens is 3. The van der Waals surface area contributed by atoms with Crippen LogP contribution >= 0.6 is 0 Å². The second-order valence-electron chi connectivity index (χ2n) is 8.50. The van der Waals surface area contributed by atoms with Gasteiger partial charge in [0, 0.05) is 31.2 Å². The van der Waals surface area contributed by atoms with Crippen LogP contribution in [0.2, 0.25) is 0 Å². The second-order valence-corrected chi connectivity index (χ2v) is 8.50. The van der Waals surface area contributed by atoms with E-state index in [1.54, 1.807) is 30.3 Å². The molecule has 5 rings (SSSR count). The van der Waals surface area contributed by atoms with Crippen molar-refractivity contribution in [1.29, 1.82) is 0 Å². The highest BCUT2D eigenvalue weighted by molar-refractivity contribution is 5.95. The molecule has 0 spiro atoms. The van der Waals surface area contributed by atoms with E-state index in [1.807, 2.05) is 96.5 Å². The minimum absolute atomic E-state index is 0.113. The summed E-state index contributed by atoms with van der Waals surface area (Å²) in [4.78, 5) is 24.4. The third-order valence-electron chi connectivity index (χ3n) is 5.91. The van der Waals surface area contributed by atoms with Gasteiger partial charge in [-0.3, -0.25) is 9.78 Å². The molecule has 0 aliphatic rings. The number of nitrogens with zero attached hydrogens (tertiary/aromatic N) is 4. The molecule has 6 nitrogen and oxygen atoms in total.